The van der Waals surface area contributed by atoms with Crippen LogP contribution in [0.25, 0.3) is 49.0 Å². The quantitative estimate of drug-likeness (QED) is 0.300. The van der Waals surface area contributed by atoms with E-state index in [-0.39, 0.29) is 0 Å². The monoisotopic (exact) mass is 343 g/mol. The Bertz CT molecular complexity index is 1460. The van der Waals surface area contributed by atoms with Crippen molar-refractivity contribution in [3.8, 4) is 5.69 Å². The number of hydrogen-bond donors (Lipinski definition) is 0. The van der Waals surface area contributed by atoms with Crippen molar-refractivity contribution in [2.45, 2.75) is 0 Å². The van der Waals surface area contributed by atoms with Crippen molar-refractivity contribution in [1.82, 2.24) is 4.57 Å². The highest BCUT2D eigenvalue weighted by atomic mass is 15.0. The predicted octanol–water partition coefficient (Wildman–Crippen LogP) is 7.09. The second-order valence-corrected chi connectivity index (χ2v) is 7.03. The first-order valence-corrected chi connectivity index (χ1v) is 9.31. The third-order valence-corrected chi connectivity index (χ3v) is 5.56. The second kappa shape index (κ2) is 5.46. The number of benzene rings is 5. The molecule has 0 N–H and O–H groups in total. The van der Waals surface area contributed by atoms with Crippen LogP contribution in [-0.2, 0) is 0 Å². The fourth-order valence-electron chi connectivity index (χ4n) is 4.39. The van der Waals surface area contributed by atoms with Crippen LogP contribution in [0.1, 0.15) is 0 Å². The van der Waals surface area contributed by atoms with Crippen LogP contribution in [0.3, 0.4) is 0 Å². The van der Waals surface area contributed by atoms with Crippen LogP contribution in [0.4, 0.5) is 0 Å². The van der Waals surface area contributed by atoms with Gasteiger partial charge in [-0.3, -0.25) is 0 Å². The average molecular weight is 343 g/mol. The first kappa shape index (κ1) is 14.6. The average Bonchev–Trinajstić information content (AvgIpc) is 3.09. The molecule has 1 heterocycles. The first-order valence-electron chi connectivity index (χ1n) is 9.31. The van der Waals surface area contributed by atoms with Gasteiger partial charge in [0, 0.05) is 21.8 Å². The van der Waals surface area contributed by atoms with E-state index < -0.39 is 0 Å². The lowest BCUT2D eigenvalue weighted by Gasteiger charge is -2.09. The molecule has 0 bridgehead atoms. The van der Waals surface area contributed by atoms with Gasteiger partial charge in [0.1, 0.15) is 0 Å². The molecule has 6 rings (SSSR count). The Morgan fingerprint density at radius 2 is 1.07 bits per heavy atom. The number of para-hydroxylation sites is 1. The lowest BCUT2D eigenvalue weighted by Crippen LogP contribution is -1.93. The van der Waals surface area contributed by atoms with Crippen molar-refractivity contribution in [3.05, 3.63) is 103 Å². The number of rotatable bonds is 1. The SMILES string of the molecule is c1ccc(-n2c3ccc4ccccc4c3c3ccc4ccccc4c32)cc1. The van der Waals surface area contributed by atoms with Gasteiger partial charge in [0.2, 0.25) is 0 Å². The molecule has 1 heteroatoms. The largest absolute Gasteiger partial charge is 0.309 e. The van der Waals surface area contributed by atoms with Crippen molar-refractivity contribution in [2.24, 2.45) is 0 Å². The van der Waals surface area contributed by atoms with E-state index in [9.17, 15) is 0 Å². The van der Waals surface area contributed by atoms with Gasteiger partial charge in [-0.2, -0.15) is 0 Å². The zero-order chi connectivity index (χ0) is 17.8. The number of hydrogen-bond acceptors (Lipinski definition) is 0. The normalized spacial score (nSPS) is 11.7. The summed E-state index contributed by atoms with van der Waals surface area (Å²) in [5.74, 6) is 0. The van der Waals surface area contributed by atoms with Gasteiger partial charge in [-0.15, -0.1) is 0 Å². The zero-order valence-electron chi connectivity index (χ0n) is 14.8. The van der Waals surface area contributed by atoms with Gasteiger partial charge in [0.05, 0.1) is 11.0 Å². The minimum Gasteiger partial charge on any atom is -0.309 e. The molecule has 0 saturated heterocycles. The van der Waals surface area contributed by atoms with Crippen LogP contribution in [0.15, 0.2) is 103 Å². The number of aromatic nitrogens is 1. The van der Waals surface area contributed by atoms with E-state index >= 15 is 0 Å². The number of nitrogens with zero attached hydrogens (tertiary/aromatic N) is 1. The zero-order valence-corrected chi connectivity index (χ0v) is 14.8. The predicted molar refractivity (Wildman–Crippen MR) is 116 cm³/mol. The Labute approximate surface area is 157 Å². The van der Waals surface area contributed by atoms with Crippen LogP contribution in [0.2, 0.25) is 0 Å². The van der Waals surface area contributed by atoms with Crippen LogP contribution in [0, 0.1) is 0 Å². The van der Waals surface area contributed by atoms with Gasteiger partial charge in [-0.05, 0) is 34.4 Å². The number of fused-ring (bicyclic) bond motifs is 7. The molecule has 1 nitrogen and oxygen atoms in total. The molecular weight excluding hydrogens is 326 g/mol. The highest BCUT2D eigenvalue weighted by Crippen LogP contribution is 2.39. The Hall–Kier alpha value is -3.58. The van der Waals surface area contributed by atoms with Gasteiger partial charge < -0.3 is 4.57 Å². The summed E-state index contributed by atoms with van der Waals surface area (Å²) in [6.45, 7) is 0. The highest BCUT2D eigenvalue weighted by molar-refractivity contribution is 6.25. The molecule has 0 radical (unpaired) electrons. The fraction of sp³-hybridized carbons (Fsp3) is 0. The summed E-state index contributed by atoms with van der Waals surface area (Å²) in [6.07, 6.45) is 0. The van der Waals surface area contributed by atoms with Crippen molar-refractivity contribution >= 4 is 43.4 Å². The molecule has 5 aromatic carbocycles. The summed E-state index contributed by atoms with van der Waals surface area (Å²) in [5.41, 5.74) is 3.74. The molecule has 0 aliphatic carbocycles. The molecule has 126 valence electrons. The molecule has 0 unspecified atom stereocenters. The molecule has 6 aromatic rings. The summed E-state index contributed by atoms with van der Waals surface area (Å²) in [7, 11) is 0. The molecule has 0 fully saturated rings. The van der Waals surface area contributed by atoms with E-state index in [4.69, 9.17) is 0 Å². The molecule has 27 heavy (non-hydrogen) atoms. The molecular formula is C26H17N. The van der Waals surface area contributed by atoms with E-state index in [1.54, 1.807) is 0 Å². The van der Waals surface area contributed by atoms with Gasteiger partial charge in [-0.25, -0.2) is 0 Å². The first-order chi connectivity index (χ1) is 13.4. The maximum atomic E-state index is 2.42. The molecule has 0 atom stereocenters. The van der Waals surface area contributed by atoms with Crippen molar-refractivity contribution in [1.29, 1.82) is 0 Å². The molecule has 0 aliphatic heterocycles. The highest BCUT2D eigenvalue weighted by Gasteiger charge is 2.16. The Morgan fingerprint density at radius 3 is 1.89 bits per heavy atom. The molecule has 0 spiro atoms. The Balaban J connectivity index is 1.96. The summed E-state index contributed by atoms with van der Waals surface area (Å²) >= 11 is 0. The van der Waals surface area contributed by atoms with Crippen LogP contribution < -0.4 is 0 Å². The second-order valence-electron chi connectivity index (χ2n) is 7.03. The van der Waals surface area contributed by atoms with E-state index in [2.05, 4.69) is 108 Å². The van der Waals surface area contributed by atoms with Crippen LogP contribution in [0.5, 0.6) is 0 Å². The third-order valence-electron chi connectivity index (χ3n) is 5.56. The molecule has 0 aliphatic rings. The standard InChI is InChI=1S/C26H17N/c1-2-10-20(11-3-1)27-24-17-15-18-8-4-6-12-21(18)25(24)23-16-14-19-9-5-7-13-22(19)26(23)27/h1-17H. The minimum absolute atomic E-state index is 1.20. The summed E-state index contributed by atoms with van der Waals surface area (Å²) < 4.78 is 2.42. The topological polar surface area (TPSA) is 4.93 Å². The lowest BCUT2D eigenvalue weighted by atomic mass is 10.0. The van der Waals surface area contributed by atoms with E-state index in [1.165, 1.54) is 49.0 Å². The van der Waals surface area contributed by atoms with Crippen LogP contribution >= 0.6 is 0 Å². The molecule has 0 amide bonds. The third kappa shape index (κ3) is 2.00. The van der Waals surface area contributed by atoms with Gasteiger partial charge >= 0.3 is 0 Å². The molecule has 0 saturated carbocycles. The van der Waals surface area contributed by atoms with Gasteiger partial charge in [0.25, 0.3) is 0 Å². The molecule has 1 aromatic heterocycles. The Kier molecular flexibility index (Phi) is 2.95. The minimum atomic E-state index is 1.20. The lowest BCUT2D eigenvalue weighted by molar-refractivity contribution is 1.19. The van der Waals surface area contributed by atoms with Gasteiger partial charge in [-0.1, -0.05) is 84.9 Å². The summed E-state index contributed by atoms with van der Waals surface area (Å²) in [6, 6.07) is 37.0. The maximum absolute atomic E-state index is 2.42. The summed E-state index contributed by atoms with van der Waals surface area (Å²) in [4.78, 5) is 0. The van der Waals surface area contributed by atoms with Gasteiger partial charge in [0.15, 0.2) is 0 Å². The van der Waals surface area contributed by atoms with Crippen LogP contribution in [-0.4, -0.2) is 4.57 Å². The van der Waals surface area contributed by atoms with E-state index in [1.807, 2.05) is 0 Å². The Morgan fingerprint density at radius 1 is 0.444 bits per heavy atom. The summed E-state index contributed by atoms with van der Waals surface area (Å²) in [5, 5.41) is 7.80. The smallest absolute Gasteiger partial charge is 0.0619 e. The van der Waals surface area contributed by atoms with Crippen molar-refractivity contribution < 1.29 is 0 Å². The van der Waals surface area contributed by atoms with Crippen molar-refractivity contribution in [3.63, 3.8) is 0 Å². The maximum Gasteiger partial charge on any atom is 0.0619 e. The van der Waals surface area contributed by atoms with Crippen molar-refractivity contribution in [2.75, 3.05) is 0 Å². The van der Waals surface area contributed by atoms with E-state index in [0.29, 0.717) is 0 Å². The fourth-order valence-corrected chi connectivity index (χ4v) is 4.39. The van der Waals surface area contributed by atoms with E-state index in [0.717, 1.165) is 0 Å².